The van der Waals surface area contributed by atoms with Crippen LogP contribution in [0.4, 0.5) is 10.5 Å². The summed E-state index contributed by atoms with van der Waals surface area (Å²) in [6.07, 6.45) is 4.84. The molecule has 1 aromatic carbocycles. The van der Waals surface area contributed by atoms with E-state index in [1.165, 1.54) is 24.8 Å². The Morgan fingerprint density at radius 2 is 2.10 bits per heavy atom. The van der Waals surface area contributed by atoms with Gasteiger partial charge in [-0.25, -0.2) is 4.79 Å². The van der Waals surface area contributed by atoms with Crippen LogP contribution in [0.2, 0.25) is 0 Å². The number of carbonyl (C=O) groups is 1. The number of benzene rings is 1. The molecule has 1 unspecified atom stereocenters. The first-order chi connectivity index (χ1) is 9.65. The zero-order valence-electron chi connectivity index (χ0n) is 12.5. The quantitative estimate of drug-likeness (QED) is 0.887. The first kappa shape index (κ1) is 14.9. The number of anilines is 1. The number of hydrogen-bond donors (Lipinski definition) is 2. The van der Waals surface area contributed by atoms with E-state index in [9.17, 15) is 4.79 Å². The van der Waals surface area contributed by atoms with Crippen molar-refractivity contribution in [2.24, 2.45) is 0 Å². The predicted molar refractivity (Wildman–Crippen MR) is 83.1 cm³/mol. The van der Waals surface area contributed by atoms with Crippen LogP contribution < -0.4 is 10.6 Å². The third-order valence-corrected chi connectivity index (χ3v) is 3.87. The summed E-state index contributed by atoms with van der Waals surface area (Å²) in [6, 6.07) is 8.40. The second-order valence-corrected chi connectivity index (χ2v) is 5.65. The Labute approximate surface area is 121 Å². The maximum Gasteiger partial charge on any atom is 0.321 e. The van der Waals surface area contributed by atoms with Crippen molar-refractivity contribution in [1.82, 2.24) is 10.2 Å². The topological polar surface area (TPSA) is 44.4 Å². The normalized spacial score (nSPS) is 18.6. The van der Waals surface area contributed by atoms with E-state index in [2.05, 4.69) is 10.6 Å². The molecule has 1 aliphatic heterocycles. The van der Waals surface area contributed by atoms with Gasteiger partial charge in [0.1, 0.15) is 0 Å². The third kappa shape index (κ3) is 4.53. The molecule has 2 rings (SSSR count). The Balaban J connectivity index is 1.75. The highest BCUT2D eigenvalue weighted by atomic mass is 16.2. The summed E-state index contributed by atoms with van der Waals surface area (Å²) in [4.78, 5) is 13.8. The van der Waals surface area contributed by atoms with Gasteiger partial charge in [0.2, 0.25) is 0 Å². The summed E-state index contributed by atoms with van der Waals surface area (Å²) in [5.74, 6) is 0. The lowest BCUT2D eigenvalue weighted by Gasteiger charge is -2.26. The molecule has 4 nitrogen and oxygen atoms in total. The first-order valence-electron chi connectivity index (χ1n) is 7.47. The van der Waals surface area contributed by atoms with Gasteiger partial charge in [-0.05, 0) is 44.9 Å². The average molecular weight is 275 g/mol. The fraction of sp³-hybridized carbons (Fsp3) is 0.562. The number of piperidine rings is 1. The molecule has 1 fully saturated rings. The molecule has 0 aromatic heterocycles. The van der Waals surface area contributed by atoms with Crippen LogP contribution in [0.3, 0.4) is 0 Å². The van der Waals surface area contributed by atoms with E-state index in [4.69, 9.17) is 0 Å². The number of nitrogens with one attached hydrogen (secondary N) is 2. The highest BCUT2D eigenvalue weighted by Gasteiger charge is 2.15. The lowest BCUT2D eigenvalue weighted by Crippen LogP contribution is -2.39. The molecule has 0 spiro atoms. The average Bonchev–Trinajstić information content (AvgIpc) is 2.48. The Bertz CT molecular complexity index is 424. The van der Waals surface area contributed by atoms with Crippen molar-refractivity contribution < 1.29 is 4.79 Å². The minimum Gasteiger partial charge on any atom is -0.328 e. The van der Waals surface area contributed by atoms with Gasteiger partial charge in [-0.2, -0.15) is 0 Å². The zero-order chi connectivity index (χ0) is 14.4. The van der Waals surface area contributed by atoms with Crippen LogP contribution in [0.1, 0.15) is 31.2 Å². The van der Waals surface area contributed by atoms with Gasteiger partial charge in [0, 0.05) is 25.3 Å². The van der Waals surface area contributed by atoms with Crippen molar-refractivity contribution in [1.29, 1.82) is 0 Å². The van der Waals surface area contributed by atoms with Crippen molar-refractivity contribution in [3.05, 3.63) is 29.8 Å². The second-order valence-electron chi connectivity index (χ2n) is 5.65. The minimum absolute atomic E-state index is 0.0373. The fourth-order valence-corrected chi connectivity index (χ4v) is 2.48. The number of aryl methyl sites for hydroxylation is 1. The number of amides is 2. The molecule has 2 N–H and O–H groups in total. The monoisotopic (exact) mass is 275 g/mol. The van der Waals surface area contributed by atoms with Crippen LogP contribution in [-0.2, 0) is 0 Å². The Morgan fingerprint density at radius 3 is 2.75 bits per heavy atom. The number of rotatable bonds is 4. The largest absolute Gasteiger partial charge is 0.328 e. The zero-order valence-corrected chi connectivity index (χ0v) is 12.5. The first-order valence-corrected chi connectivity index (χ1v) is 7.47. The van der Waals surface area contributed by atoms with Crippen LogP contribution in [0.5, 0.6) is 0 Å². The van der Waals surface area contributed by atoms with Crippen molar-refractivity contribution >= 4 is 11.7 Å². The van der Waals surface area contributed by atoms with Gasteiger partial charge in [0.05, 0.1) is 0 Å². The molecule has 110 valence electrons. The van der Waals surface area contributed by atoms with Gasteiger partial charge >= 0.3 is 6.03 Å². The maximum absolute atomic E-state index is 12.1. The van der Waals surface area contributed by atoms with Crippen LogP contribution >= 0.6 is 0 Å². The number of urea groups is 1. The molecule has 4 heteroatoms. The summed E-state index contributed by atoms with van der Waals surface area (Å²) < 4.78 is 0. The molecule has 1 saturated heterocycles. The summed E-state index contributed by atoms with van der Waals surface area (Å²) in [7, 11) is 1.85. The molecule has 1 heterocycles. The third-order valence-electron chi connectivity index (χ3n) is 3.87. The van der Waals surface area contributed by atoms with Crippen LogP contribution in [-0.4, -0.2) is 37.1 Å². The molecule has 0 aliphatic carbocycles. The predicted octanol–water partition coefficient (Wildman–Crippen LogP) is 2.99. The van der Waals surface area contributed by atoms with Gasteiger partial charge in [0.15, 0.2) is 0 Å². The minimum atomic E-state index is -0.0373. The smallest absolute Gasteiger partial charge is 0.321 e. The highest BCUT2D eigenvalue weighted by Crippen LogP contribution is 2.12. The lowest BCUT2D eigenvalue weighted by atomic mass is 10.0. The van der Waals surface area contributed by atoms with E-state index in [-0.39, 0.29) is 6.03 Å². The maximum atomic E-state index is 12.1. The van der Waals surface area contributed by atoms with E-state index >= 15 is 0 Å². The fourth-order valence-electron chi connectivity index (χ4n) is 2.48. The van der Waals surface area contributed by atoms with Crippen molar-refractivity contribution in [2.45, 2.75) is 38.6 Å². The standard InChI is InChI=1S/C16H25N3O/c1-13-6-8-15(9-7-13)18-16(20)19(2)12-10-14-5-3-4-11-17-14/h6-9,14,17H,3-5,10-12H2,1-2H3,(H,18,20). The molecule has 1 aliphatic rings. The van der Waals surface area contributed by atoms with Crippen LogP contribution in [0.25, 0.3) is 0 Å². The van der Waals surface area contributed by atoms with E-state index in [0.717, 1.165) is 25.2 Å². The number of hydrogen-bond acceptors (Lipinski definition) is 2. The van der Waals surface area contributed by atoms with Crippen molar-refractivity contribution in [2.75, 3.05) is 25.5 Å². The summed E-state index contributed by atoms with van der Waals surface area (Å²) in [5.41, 5.74) is 2.04. The molecule has 20 heavy (non-hydrogen) atoms. The van der Waals surface area contributed by atoms with Crippen molar-refractivity contribution in [3.63, 3.8) is 0 Å². The molecule has 0 saturated carbocycles. The Kier molecular flexibility index (Phi) is 5.41. The summed E-state index contributed by atoms with van der Waals surface area (Å²) >= 11 is 0. The van der Waals surface area contributed by atoms with Gasteiger partial charge in [-0.1, -0.05) is 24.1 Å². The Hall–Kier alpha value is -1.55. The van der Waals surface area contributed by atoms with E-state index in [0.29, 0.717) is 6.04 Å². The Morgan fingerprint density at radius 1 is 1.35 bits per heavy atom. The second kappa shape index (κ2) is 7.29. The number of nitrogens with zero attached hydrogens (tertiary/aromatic N) is 1. The number of carbonyl (C=O) groups excluding carboxylic acids is 1. The lowest BCUT2D eigenvalue weighted by molar-refractivity contribution is 0.218. The van der Waals surface area contributed by atoms with Gasteiger partial charge in [0.25, 0.3) is 0 Å². The molecule has 0 bridgehead atoms. The molecule has 1 atom stereocenters. The summed E-state index contributed by atoms with van der Waals surface area (Å²) in [6.45, 7) is 3.94. The summed E-state index contributed by atoms with van der Waals surface area (Å²) in [5, 5.41) is 6.43. The van der Waals surface area contributed by atoms with Gasteiger partial charge < -0.3 is 15.5 Å². The highest BCUT2D eigenvalue weighted by molar-refractivity contribution is 5.89. The van der Waals surface area contributed by atoms with Gasteiger partial charge in [-0.15, -0.1) is 0 Å². The molecule has 1 aromatic rings. The van der Waals surface area contributed by atoms with E-state index in [1.807, 2.05) is 38.2 Å². The molecular formula is C16H25N3O. The SMILES string of the molecule is Cc1ccc(NC(=O)N(C)CCC2CCCCN2)cc1. The molecular weight excluding hydrogens is 250 g/mol. The van der Waals surface area contributed by atoms with Crippen LogP contribution in [0.15, 0.2) is 24.3 Å². The van der Waals surface area contributed by atoms with Gasteiger partial charge in [-0.3, -0.25) is 0 Å². The van der Waals surface area contributed by atoms with Crippen molar-refractivity contribution in [3.8, 4) is 0 Å². The molecule has 2 amide bonds. The van der Waals surface area contributed by atoms with E-state index < -0.39 is 0 Å². The van der Waals surface area contributed by atoms with E-state index in [1.54, 1.807) is 4.90 Å². The molecule has 0 radical (unpaired) electrons. The van der Waals surface area contributed by atoms with Crippen LogP contribution in [0, 0.1) is 6.92 Å².